The van der Waals surface area contributed by atoms with Gasteiger partial charge in [0.25, 0.3) is 0 Å². The number of carbonyl (C=O) groups excluding carboxylic acids is 1. The molecule has 3 rings (SSSR count). The van der Waals surface area contributed by atoms with Crippen LogP contribution in [0.3, 0.4) is 0 Å². The second-order valence-corrected chi connectivity index (χ2v) is 8.15. The van der Waals surface area contributed by atoms with Gasteiger partial charge < -0.3 is 19.7 Å². The van der Waals surface area contributed by atoms with Crippen LogP contribution in [0.25, 0.3) is 10.3 Å². The number of rotatable bonds is 9. The number of amides is 1. The lowest BCUT2D eigenvalue weighted by Crippen LogP contribution is -2.40. The van der Waals surface area contributed by atoms with Crippen LogP contribution >= 0.6 is 11.3 Å². The lowest BCUT2D eigenvalue weighted by molar-refractivity contribution is -0.120. The maximum absolute atomic E-state index is 11.0. The van der Waals surface area contributed by atoms with E-state index in [0.717, 1.165) is 28.3 Å². The van der Waals surface area contributed by atoms with E-state index in [1.165, 1.54) is 18.3 Å². The van der Waals surface area contributed by atoms with E-state index in [1.54, 1.807) is 4.90 Å². The summed E-state index contributed by atoms with van der Waals surface area (Å²) >= 11 is 1.45. The second kappa shape index (κ2) is 9.17. The topological polar surface area (TPSA) is 100 Å². The molecule has 8 nitrogen and oxygen atoms in total. The Morgan fingerprint density at radius 2 is 2.25 bits per heavy atom. The minimum Gasteiger partial charge on any atom is -0.477 e. The first kappa shape index (κ1) is 20.3. The average Bonchev–Trinajstić information content (AvgIpc) is 3.03. The maximum Gasteiger partial charge on any atom is 0.217 e. The highest BCUT2D eigenvalue weighted by Crippen LogP contribution is 2.32. The lowest BCUT2D eigenvalue weighted by atomic mass is 9.83. The zero-order chi connectivity index (χ0) is 20.1. The summed E-state index contributed by atoms with van der Waals surface area (Å²) in [7, 11) is 1.84. The van der Waals surface area contributed by atoms with Crippen molar-refractivity contribution in [1.29, 1.82) is 5.26 Å². The van der Waals surface area contributed by atoms with Crippen LogP contribution < -0.4 is 15.0 Å². The number of nitriles is 1. The molecule has 1 atom stereocenters. The molecular formula is C19H25N5O3S. The van der Waals surface area contributed by atoms with Gasteiger partial charge in [0.1, 0.15) is 16.9 Å². The highest BCUT2D eigenvalue weighted by molar-refractivity contribution is 7.21. The first-order valence-electron chi connectivity index (χ1n) is 9.31. The third kappa shape index (κ3) is 5.30. The number of hydrogen-bond acceptors (Lipinski definition) is 8. The molecule has 1 saturated carbocycles. The monoisotopic (exact) mass is 403 g/mol. The van der Waals surface area contributed by atoms with Gasteiger partial charge in [0.15, 0.2) is 5.13 Å². The molecule has 1 fully saturated rings. The zero-order valence-corrected chi connectivity index (χ0v) is 17.2. The number of fused-ring (bicyclic) bond motifs is 1. The standard InChI is InChI=1S/C19H25N5O3S/c1-12(21-13(2)25)10-26-15-8-14(9-15)11-27-17-5-4-16-18(23-17)28-19(22-16)24(3)7-6-20/h4-5,12,14-15H,7-11H2,1-3H3,(H,21,25)/t12-,14-,15-/m0/s1. The van der Waals surface area contributed by atoms with E-state index in [0.29, 0.717) is 25.0 Å². The molecule has 28 heavy (non-hydrogen) atoms. The second-order valence-electron chi connectivity index (χ2n) is 7.19. The van der Waals surface area contributed by atoms with Crippen LogP contribution in [0.4, 0.5) is 5.13 Å². The van der Waals surface area contributed by atoms with E-state index < -0.39 is 0 Å². The minimum absolute atomic E-state index is 0.0280. The van der Waals surface area contributed by atoms with Gasteiger partial charge >= 0.3 is 0 Å². The Morgan fingerprint density at radius 3 is 2.96 bits per heavy atom. The van der Waals surface area contributed by atoms with E-state index in [2.05, 4.69) is 21.4 Å². The molecule has 1 aliphatic rings. The van der Waals surface area contributed by atoms with Gasteiger partial charge in [0, 0.05) is 26.1 Å². The average molecular weight is 404 g/mol. The van der Waals surface area contributed by atoms with Gasteiger partial charge in [-0.25, -0.2) is 9.97 Å². The van der Waals surface area contributed by atoms with Crippen LogP contribution in [0.2, 0.25) is 0 Å². The molecule has 0 spiro atoms. The predicted octanol–water partition coefficient (Wildman–Crippen LogP) is 2.35. The smallest absolute Gasteiger partial charge is 0.217 e. The van der Waals surface area contributed by atoms with Crippen LogP contribution in [0.15, 0.2) is 12.1 Å². The maximum atomic E-state index is 11.0. The van der Waals surface area contributed by atoms with Crippen LogP contribution in [0, 0.1) is 17.2 Å². The Labute approximate surface area is 168 Å². The Hall–Kier alpha value is -2.44. The number of aromatic nitrogens is 2. The van der Waals surface area contributed by atoms with E-state index in [4.69, 9.17) is 14.7 Å². The highest BCUT2D eigenvalue weighted by Gasteiger charge is 2.30. The summed E-state index contributed by atoms with van der Waals surface area (Å²) in [6.45, 7) is 4.88. The Bertz CT molecular complexity index is 859. The number of hydrogen-bond donors (Lipinski definition) is 1. The summed E-state index contributed by atoms with van der Waals surface area (Å²) in [6.07, 6.45) is 2.15. The molecule has 2 heterocycles. The predicted molar refractivity (Wildman–Crippen MR) is 108 cm³/mol. The fraction of sp³-hybridized carbons (Fsp3) is 0.579. The number of pyridine rings is 1. The van der Waals surface area contributed by atoms with Crippen molar-refractivity contribution in [3.05, 3.63) is 12.1 Å². The first-order valence-corrected chi connectivity index (χ1v) is 10.1. The summed E-state index contributed by atoms with van der Waals surface area (Å²) in [5, 5.41) is 12.4. The molecule has 0 aromatic carbocycles. The molecule has 1 aliphatic carbocycles. The third-order valence-electron chi connectivity index (χ3n) is 4.54. The minimum atomic E-state index is -0.0368. The zero-order valence-electron chi connectivity index (χ0n) is 16.3. The van der Waals surface area contributed by atoms with Crippen LogP contribution in [-0.2, 0) is 9.53 Å². The molecule has 9 heteroatoms. The van der Waals surface area contributed by atoms with Crippen LogP contribution in [-0.4, -0.2) is 54.8 Å². The number of thiazole rings is 1. The van der Waals surface area contributed by atoms with Crippen molar-refractivity contribution in [2.75, 3.05) is 31.7 Å². The fourth-order valence-electron chi connectivity index (χ4n) is 3.03. The highest BCUT2D eigenvalue weighted by atomic mass is 32.1. The summed E-state index contributed by atoms with van der Waals surface area (Å²) < 4.78 is 11.7. The number of carbonyl (C=O) groups is 1. The van der Waals surface area contributed by atoms with Crippen molar-refractivity contribution in [3.8, 4) is 11.9 Å². The molecule has 2 aromatic heterocycles. The summed E-state index contributed by atoms with van der Waals surface area (Å²) in [5.74, 6) is 1.01. The van der Waals surface area contributed by atoms with Gasteiger partial charge in [-0.05, 0) is 31.7 Å². The van der Waals surface area contributed by atoms with Crippen molar-refractivity contribution in [2.45, 2.75) is 38.8 Å². The Morgan fingerprint density at radius 1 is 1.46 bits per heavy atom. The van der Waals surface area contributed by atoms with E-state index >= 15 is 0 Å². The van der Waals surface area contributed by atoms with Crippen molar-refractivity contribution in [3.63, 3.8) is 0 Å². The van der Waals surface area contributed by atoms with E-state index in [9.17, 15) is 4.79 Å². The molecule has 1 amide bonds. The molecule has 0 bridgehead atoms. The molecule has 1 N–H and O–H groups in total. The molecule has 2 aromatic rings. The van der Waals surface area contributed by atoms with Crippen LogP contribution in [0.5, 0.6) is 5.88 Å². The van der Waals surface area contributed by atoms with Gasteiger partial charge in [-0.15, -0.1) is 0 Å². The Balaban J connectivity index is 1.43. The van der Waals surface area contributed by atoms with Gasteiger partial charge in [0.2, 0.25) is 11.8 Å². The molecule has 0 radical (unpaired) electrons. The first-order chi connectivity index (χ1) is 13.4. The molecule has 0 saturated heterocycles. The number of ether oxygens (including phenoxy) is 2. The summed E-state index contributed by atoms with van der Waals surface area (Å²) in [6, 6.07) is 5.87. The molecule has 0 unspecified atom stereocenters. The largest absolute Gasteiger partial charge is 0.477 e. The van der Waals surface area contributed by atoms with Crippen molar-refractivity contribution in [2.24, 2.45) is 5.92 Å². The molecule has 0 aliphatic heterocycles. The normalized spacial score (nSPS) is 19.5. The summed E-state index contributed by atoms with van der Waals surface area (Å²) in [5.41, 5.74) is 0.808. The van der Waals surface area contributed by atoms with Crippen molar-refractivity contribution < 1.29 is 14.3 Å². The van der Waals surface area contributed by atoms with Gasteiger partial charge in [0.05, 0.1) is 25.4 Å². The van der Waals surface area contributed by atoms with Gasteiger partial charge in [-0.2, -0.15) is 5.26 Å². The van der Waals surface area contributed by atoms with Gasteiger partial charge in [-0.3, -0.25) is 4.79 Å². The number of nitrogens with zero attached hydrogens (tertiary/aromatic N) is 4. The number of nitrogens with one attached hydrogen (secondary N) is 1. The quantitative estimate of drug-likeness (QED) is 0.641. The van der Waals surface area contributed by atoms with Crippen molar-refractivity contribution in [1.82, 2.24) is 15.3 Å². The number of anilines is 1. The fourth-order valence-corrected chi connectivity index (χ4v) is 3.92. The molecular weight excluding hydrogens is 378 g/mol. The van der Waals surface area contributed by atoms with Gasteiger partial charge in [-0.1, -0.05) is 11.3 Å². The molecule has 150 valence electrons. The van der Waals surface area contributed by atoms with Crippen molar-refractivity contribution >= 4 is 32.7 Å². The third-order valence-corrected chi connectivity index (χ3v) is 5.62. The van der Waals surface area contributed by atoms with Crippen LogP contribution in [0.1, 0.15) is 26.7 Å². The lowest BCUT2D eigenvalue weighted by Gasteiger charge is -2.35. The van der Waals surface area contributed by atoms with E-state index in [-0.39, 0.29) is 24.6 Å². The van der Waals surface area contributed by atoms with E-state index in [1.807, 2.05) is 26.1 Å². The summed E-state index contributed by atoms with van der Waals surface area (Å²) in [4.78, 5) is 22.6. The SMILES string of the molecule is CC(=O)N[C@@H](C)CO[C@H]1C[C@H](COc2ccc3nc(N(C)CC#N)sc3n2)C1. The Kier molecular flexibility index (Phi) is 6.65.